The Balaban J connectivity index is 1.67. The molecular formula is C14H24N4O2S. The average molecular weight is 312 g/mol. The van der Waals surface area contributed by atoms with Gasteiger partial charge in [-0.25, -0.2) is 18.1 Å². The highest BCUT2D eigenvalue weighted by atomic mass is 32.2. The minimum Gasteiger partial charge on any atom is -0.329 e. The number of hydrogen-bond donors (Lipinski definition) is 1. The molecule has 1 aliphatic heterocycles. The van der Waals surface area contributed by atoms with Crippen LogP contribution in [-0.4, -0.2) is 48.3 Å². The topological polar surface area (TPSA) is 67.2 Å². The van der Waals surface area contributed by atoms with Gasteiger partial charge in [-0.05, 0) is 19.3 Å². The van der Waals surface area contributed by atoms with Gasteiger partial charge in [0.05, 0.1) is 18.3 Å². The van der Waals surface area contributed by atoms with Crippen LogP contribution in [-0.2, 0) is 16.6 Å². The number of aromatic nitrogens is 2. The summed E-state index contributed by atoms with van der Waals surface area (Å²) in [4.78, 5) is 6.83. The average Bonchev–Trinajstić information content (AvgIpc) is 3.08. The van der Waals surface area contributed by atoms with E-state index in [9.17, 15) is 8.42 Å². The van der Waals surface area contributed by atoms with E-state index in [0.717, 1.165) is 19.5 Å². The summed E-state index contributed by atoms with van der Waals surface area (Å²) in [5.74, 6) is 0. The van der Waals surface area contributed by atoms with E-state index >= 15 is 0 Å². The quantitative estimate of drug-likeness (QED) is 0.885. The molecule has 1 aromatic heterocycles. The number of nitrogens with one attached hydrogen (secondary N) is 1. The third-order valence-corrected chi connectivity index (χ3v) is 5.36. The van der Waals surface area contributed by atoms with Gasteiger partial charge >= 0.3 is 0 Å². The van der Waals surface area contributed by atoms with Crippen LogP contribution in [0.1, 0.15) is 43.8 Å². The second-order valence-corrected chi connectivity index (χ2v) is 8.10. The van der Waals surface area contributed by atoms with Gasteiger partial charge in [0.1, 0.15) is 0 Å². The minimum atomic E-state index is -3.11. The van der Waals surface area contributed by atoms with Gasteiger partial charge in [-0.2, -0.15) is 0 Å². The summed E-state index contributed by atoms with van der Waals surface area (Å²) in [6, 6.07) is 1.00. The van der Waals surface area contributed by atoms with Crippen molar-refractivity contribution in [1.29, 1.82) is 0 Å². The monoisotopic (exact) mass is 312 g/mol. The van der Waals surface area contributed by atoms with Gasteiger partial charge in [0.2, 0.25) is 10.0 Å². The van der Waals surface area contributed by atoms with Crippen LogP contribution in [0.3, 0.4) is 0 Å². The molecular weight excluding hydrogens is 288 g/mol. The maximum atomic E-state index is 11.2. The summed E-state index contributed by atoms with van der Waals surface area (Å²) in [7, 11) is -3.11. The Labute approximate surface area is 126 Å². The van der Waals surface area contributed by atoms with Crippen LogP contribution in [0.15, 0.2) is 12.5 Å². The minimum absolute atomic E-state index is 0.311. The molecule has 0 spiro atoms. The molecule has 0 bridgehead atoms. The van der Waals surface area contributed by atoms with E-state index in [2.05, 4.69) is 19.2 Å². The van der Waals surface area contributed by atoms with E-state index in [0.29, 0.717) is 18.6 Å². The fourth-order valence-corrected chi connectivity index (χ4v) is 4.09. The Morgan fingerprint density at radius 3 is 2.86 bits per heavy atom. The number of nitrogens with zero attached hydrogens (tertiary/aromatic N) is 3. The molecule has 2 heterocycles. The second kappa shape index (κ2) is 6.06. The smallest absolute Gasteiger partial charge is 0.208 e. The van der Waals surface area contributed by atoms with Crippen molar-refractivity contribution in [3.63, 3.8) is 0 Å². The Bertz CT molecular complexity index is 578. The molecule has 1 atom stereocenters. The van der Waals surface area contributed by atoms with Crippen molar-refractivity contribution in [3.05, 3.63) is 18.2 Å². The Hall–Kier alpha value is -0.920. The zero-order valence-electron chi connectivity index (χ0n) is 12.5. The lowest BCUT2D eigenvalue weighted by atomic mass is 10.1. The van der Waals surface area contributed by atoms with E-state index in [4.69, 9.17) is 0 Å². The molecule has 1 saturated carbocycles. The van der Waals surface area contributed by atoms with Crippen LogP contribution in [0, 0.1) is 0 Å². The van der Waals surface area contributed by atoms with Gasteiger partial charge in [0, 0.05) is 37.9 Å². The Morgan fingerprint density at radius 2 is 2.14 bits per heavy atom. The third kappa shape index (κ3) is 3.64. The maximum Gasteiger partial charge on any atom is 0.208 e. The third-order valence-electron chi connectivity index (χ3n) is 4.63. The van der Waals surface area contributed by atoms with E-state index < -0.39 is 10.0 Å². The van der Waals surface area contributed by atoms with E-state index in [1.807, 2.05) is 12.5 Å². The molecule has 0 aromatic carbocycles. The maximum absolute atomic E-state index is 11.2. The molecule has 1 fully saturated rings. The zero-order valence-corrected chi connectivity index (χ0v) is 13.3. The van der Waals surface area contributed by atoms with Crippen molar-refractivity contribution in [1.82, 2.24) is 19.2 Å². The van der Waals surface area contributed by atoms with Crippen LogP contribution >= 0.6 is 0 Å². The number of hydrogen-bond acceptors (Lipinski definition) is 4. The summed E-state index contributed by atoms with van der Waals surface area (Å²) in [5.41, 5.74) is 1.25. The van der Waals surface area contributed by atoms with Crippen LogP contribution in [0.4, 0.5) is 0 Å². The van der Waals surface area contributed by atoms with Gasteiger partial charge in [0.15, 0.2) is 0 Å². The van der Waals surface area contributed by atoms with Gasteiger partial charge < -0.3 is 4.57 Å². The summed E-state index contributed by atoms with van der Waals surface area (Å²) < 4.78 is 27.2. The van der Waals surface area contributed by atoms with Crippen molar-refractivity contribution in [2.45, 2.75) is 50.7 Å². The predicted octanol–water partition coefficient (Wildman–Crippen LogP) is 1.12. The van der Waals surface area contributed by atoms with Crippen LogP contribution in [0.25, 0.3) is 0 Å². The molecule has 1 aliphatic carbocycles. The molecule has 1 aromatic rings. The second-order valence-electron chi connectivity index (χ2n) is 6.27. The van der Waals surface area contributed by atoms with Crippen molar-refractivity contribution in [3.8, 4) is 0 Å². The Kier molecular flexibility index (Phi) is 4.33. The van der Waals surface area contributed by atoms with E-state index in [1.165, 1.54) is 37.6 Å². The summed E-state index contributed by atoms with van der Waals surface area (Å²) >= 11 is 0. The van der Waals surface area contributed by atoms with Gasteiger partial charge in [0.25, 0.3) is 0 Å². The van der Waals surface area contributed by atoms with Crippen molar-refractivity contribution >= 4 is 10.0 Å². The van der Waals surface area contributed by atoms with Crippen molar-refractivity contribution in [2.75, 3.05) is 19.3 Å². The highest BCUT2D eigenvalue weighted by Gasteiger charge is 2.30. The molecule has 6 nitrogen and oxygen atoms in total. The number of sulfonamides is 1. The standard InChI is InChI=1S/C14H24N4O2S/c1-21(19,20)16-7-6-13-9-17(12-4-2-3-5-12)10-14-8-15-11-18(13)14/h8,11-13,16H,2-7,9-10H2,1H3/t13-/m1/s1. The van der Waals surface area contributed by atoms with E-state index in [-0.39, 0.29) is 0 Å². The van der Waals surface area contributed by atoms with Gasteiger partial charge in [-0.3, -0.25) is 4.90 Å². The first kappa shape index (κ1) is 15.0. The number of imidazole rings is 1. The lowest BCUT2D eigenvalue weighted by Gasteiger charge is -2.38. The fourth-order valence-electron chi connectivity index (χ4n) is 3.60. The highest BCUT2D eigenvalue weighted by molar-refractivity contribution is 7.88. The molecule has 7 heteroatoms. The van der Waals surface area contributed by atoms with Crippen molar-refractivity contribution < 1.29 is 8.42 Å². The molecule has 1 N–H and O–H groups in total. The normalized spacial score (nSPS) is 24.3. The highest BCUT2D eigenvalue weighted by Crippen LogP contribution is 2.30. The van der Waals surface area contributed by atoms with Crippen LogP contribution in [0.2, 0.25) is 0 Å². The number of rotatable bonds is 5. The molecule has 21 heavy (non-hydrogen) atoms. The Morgan fingerprint density at radius 1 is 1.38 bits per heavy atom. The van der Waals surface area contributed by atoms with Gasteiger partial charge in [-0.1, -0.05) is 12.8 Å². The molecule has 118 valence electrons. The molecule has 0 radical (unpaired) electrons. The molecule has 0 unspecified atom stereocenters. The summed E-state index contributed by atoms with van der Waals surface area (Å²) in [5, 5.41) is 0. The fraction of sp³-hybridized carbons (Fsp3) is 0.786. The molecule has 0 saturated heterocycles. The van der Waals surface area contributed by atoms with Crippen LogP contribution < -0.4 is 4.72 Å². The predicted molar refractivity (Wildman–Crippen MR) is 81.4 cm³/mol. The number of fused-ring (bicyclic) bond motifs is 1. The first-order chi connectivity index (χ1) is 10.0. The SMILES string of the molecule is CS(=O)(=O)NCC[C@@H]1CN(C2CCCC2)Cc2cncn21. The molecule has 3 rings (SSSR count). The van der Waals surface area contributed by atoms with E-state index in [1.54, 1.807) is 0 Å². The zero-order chi connectivity index (χ0) is 14.9. The first-order valence-electron chi connectivity index (χ1n) is 7.72. The van der Waals surface area contributed by atoms with Crippen LogP contribution in [0.5, 0.6) is 0 Å². The molecule has 2 aliphatic rings. The lowest BCUT2D eigenvalue weighted by molar-refractivity contribution is 0.128. The lowest BCUT2D eigenvalue weighted by Crippen LogP contribution is -2.43. The van der Waals surface area contributed by atoms with Crippen molar-refractivity contribution in [2.24, 2.45) is 0 Å². The summed E-state index contributed by atoms with van der Waals surface area (Å²) in [6.07, 6.45) is 11.1. The van der Waals surface area contributed by atoms with Gasteiger partial charge in [-0.15, -0.1) is 0 Å². The summed E-state index contributed by atoms with van der Waals surface area (Å²) in [6.45, 7) is 2.46. The molecule has 0 amide bonds. The largest absolute Gasteiger partial charge is 0.329 e. The first-order valence-corrected chi connectivity index (χ1v) is 9.61.